The molecule has 29 heavy (non-hydrogen) atoms. The van der Waals surface area contributed by atoms with Gasteiger partial charge in [0.25, 0.3) is 0 Å². The van der Waals surface area contributed by atoms with Crippen molar-refractivity contribution in [2.75, 3.05) is 5.32 Å². The molecule has 1 fully saturated rings. The number of carbonyl (C=O) groups is 1. The average molecular weight is 386 g/mol. The number of nitrogens with zero attached hydrogens (tertiary/aromatic N) is 3. The third-order valence-corrected chi connectivity index (χ3v) is 5.23. The van der Waals surface area contributed by atoms with Crippen LogP contribution in [0.4, 0.5) is 10.1 Å². The lowest BCUT2D eigenvalue weighted by atomic mass is 10.0. The summed E-state index contributed by atoms with van der Waals surface area (Å²) < 4.78 is 15.8. The molecule has 0 unspecified atom stereocenters. The van der Waals surface area contributed by atoms with E-state index in [4.69, 9.17) is 0 Å². The van der Waals surface area contributed by atoms with Crippen molar-refractivity contribution < 1.29 is 9.18 Å². The predicted molar refractivity (Wildman–Crippen MR) is 109 cm³/mol. The predicted octanol–water partition coefficient (Wildman–Crippen LogP) is 4.59. The lowest BCUT2D eigenvalue weighted by Gasteiger charge is -2.08. The number of fused-ring (bicyclic) bond motifs is 1. The summed E-state index contributed by atoms with van der Waals surface area (Å²) in [6.07, 6.45) is 5.71. The first kappa shape index (κ1) is 17.6. The van der Waals surface area contributed by atoms with E-state index >= 15 is 0 Å². The molecule has 1 saturated carbocycles. The molecular formula is C23H19FN4O. The van der Waals surface area contributed by atoms with Crippen LogP contribution in [-0.2, 0) is 11.2 Å². The lowest BCUT2D eigenvalue weighted by Crippen LogP contribution is -2.14. The van der Waals surface area contributed by atoms with Crippen molar-refractivity contribution >= 4 is 17.2 Å². The summed E-state index contributed by atoms with van der Waals surface area (Å²) in [5.74, 6) is -0.0516. The van der Waals surface area contributed by atoms with E-state index in [1.165, 1.54) is 12.4 Å². The third kappa shape index (κ3) is 3.74. The number of rotatable bonds is 5. The fraction of sp³-hybridized carbons (Fsp3) is 0.174. The Morgan fingerprint density at radius 3 is 2.66 bits per heavy atom. The van der Waals surface area contributed by atoms with Gasteiger partial charge in [-0.25, -0.2) is 13.9 Å². The topological polar surface area (TPSA) is 59.3 Å². The van der Waals surface area contributed by atoms with Crippen LogP contribution in [0.15, 0.2) is 67.1 Å². The van der Waals surface area contributed by atoms with Crippen molar-refractivity contribution in [2.24, 2.45) is 0 Å². The molecule has 2 heterocycles. The first-order chi connectivity index (χ1) is 14.2. The molecule has 1 aliphatic carbocycles. The zero-order valence-electron chi connectivity index (χ0n) is 15.7. The molecule has 0 saturated heterocycles. The summed E-state index contributed by atoms with van der Waals surface area (Å²) in [5, 5.41) is 6.88. The van der Waals surface area contributed by atoms with Gasteiger partial charge in [-0.15, -0.1) is 0 Å². The van der Waals surface area contributed by atoms with Crippen LogP contribution >= 0.6 is 0 Å². The summed E-state index contributed by atoms with van der Waals surface area (Å²) in [5.41, 5.74) is 5.00. The molecule has 144 valence electrons. The standard InChI is InChI=1S/C23H19FN4O/c24-21-13-19(7-8-20(21)17-5-6-17)27-23(29)11-15-1-3-16(4-2-15)18-9-10-28-22(12-18)25-14-26-28/h1-4,7-10,12-14,17H,5-6,11H2,(H,27,29). The number of amides is 1. The highest BCUT2D eigenvalue weighted by Crippen LogP contribution is 2.41. The third-order valence-electron chi connectivity index (χ3n) is 5.23. The highest BCUT2D eigenvalue weighted by atomic mass is 19.1. The van der Waals surface area contributed by atoms with Gasteiger partial charge in [0.1, 0.15) is 12.1 Å². The molecule has 0 spiro atoms. The summed E-state index contributed by atoms with van der Waals surface area (Å²) in [4.78, 5) is 16.5. The Balaban J connectivity index is 1.25. The summed E-state index contributed by atoms with van der Waals surface area (Å²) in [7, 11) is 0. The Bertz CT molecular complexity index is 1200. The molecule has 0 atom stereocenters. The van der Waals surface area contributed by atoms with Crippen molar-refractivity contribution in [1.82, 2.24) is 14.6 Å². The fourth-order valence-electron chi connectivity index (χ4n) is 3.53. The zero-order chi connectivity index (χ0) is 19.8. The Labute approximate surface area is 167 Å². The largest absolute Gasteiger partial charge is 0.326 e. The van der Waals surface area contributed by atoms with Gasteiger partial charge in [-0.1, -0.05) is 30.3 Å². The van der Waals surface area contributed by atoms with Crippen LogP contribution in [0.5, 0.6) is 0 Å². The zero-order valence-corrected chi connectivity index (χ0v) is 15.7. The number of hydrogen-bond acceptors (Lipinski definition) is 3. The van der Waals surface area contributed by atoms with Crippen molar-refractivity contribution in [2.45, 2.75) is 25.2 Å². The number of carbonyl (C=O) groups excluding carboxylic acids is 1. The summed E-state index contributed by atoms with van der Waals surface area (Å²) in [6.45, 7) is 0. The molecule has 4 aromatic rings. The van der Waals surface area contributed by atoms with E-state index < -0.39 is 0 Å². The van der Waals surface area contributed by atoms with Crippen LogP contribution < -0.4 is 5.32 Å². The molecule has 5 rings (SSSR count). The monoisotopic (exact) mass is 386 g/mol. The van der Waals surface area contributed by atoms with Gasteiger partial charge in [-0.05, 0) is 65.3 Å². The van der Waals surface area contributed by atoms with E-state index in [0.717, 1.165) is 40.7 Å². The fourth-order valence-corrected chi connectivity index (χ4v) is 3.53. The Morgan fingerprint density at radius 1 is 1.07 bits per heavy atom. The molecular weight excluding hydrogens is 367 g/mol. The lowest BCUT2D eigenvalue weighted by molar-refractivity contribution is -0.115. The molecule has 2 aromatic heterocycles. The second-order valence-corrected chi connectivity index (χ2v) is 7.41. The van der Waals surface area contributed by atoms with Crippen molar-refractivity contribution in [3.8, 4) is 11.1 Å². The van der Waals surface area contributed by atoms with Crippen molar-refractivity contribution in [1.29, 1.82) is 0 Å². The maximum Gasteiger partial charge on any atom is 0.228 e. The number of benzene rings is 2. The van der Waals surface area contributed by atoms with Crippen LogP contribution in [0.1, 0.15) is 29.9 Å². The van der Waals surface area contributed by atoms with Crippen molar-refractivity contribution in [3.63, 3.8) is 0 Å². The average Bonchev–Trinajstić information content (AvgIpc) is 3.44. The molecule has 0 radical (unpaired) electrons. The van der Waals surface area contributed by atoms with E-state index in [2.05, 4.69) is 15.4 Å². The quantitative estimate of drug-likeness (QED) is 0.546. The Morgan fingerprint density at radius 2 is 1.90 bits per heavy atom. The number of aromatic nitrogens is 3. The second kappa shape index (κ2) is 7.13. The van der Waals surface area contributed by atoms with Crippen LogP contribution in [0.25, 0.3) is 16.8 Å². The smallest absolute Gasteiger partial charge is 0.228 e. The number of pyridine rings is 1. The maximum atomic E-state index is 14.1. The Kier molecular flexibility index (Phi) is 4.31. The molecule has 1 N–H and O–H groups in total. The second-order valence-electron chi connectivity index (χ2n) is 7.41. The van der Waals surface area contributed by atoms with E-state index in [9.17, 15) is 9.18 Å². The van der Waals surface area contributed by atoms with E-state index in [-0.39, 0.29) is 18.1 Å². The van der Waals surface area contributed by atoms with Gasteiger partial charge >= 0.3 is 0 Å². The first-order valence-corrected chi connectivity index (χ1v) is 9.64. The summed E-state index contributed by atoms with van der Waals surface area (Å²) >= 11 is 0. The molecule has 0 bridgehead atoms. The van der Waals surface area contributed by atoms with Crippen LogP contribution in [0, 0.1) is 5.82 Å². The van der Waals surface area contributed by atoms with Gasteiger partial charge in [0.2, 0.25) is 5.91 Å². The number of nitrogens with one attached hydrogen (secondary N) is 1. The first-order valence-electron chi connectivity index (χ1n) is 9.64. The van der Waals surface area contributed by atoms with Gasteiger partial charge in [-0.2, -0.15) is 5.10 Å². The van der Waals surface area contributed by atoms with Crippen LogP contribution in [0.2, 0.25) is 0 Å². The van der Waals surface area contributed by atoms with Crippen LogP contribution in [-0.4, -0.2) is 20.5 Å². The summed E-state index contributed by atoms with van der Waals surface area (Å²) in [6, 6.07) is 16.7. The van der Waals surface area contributed by atoms with Crippen LogP contribution in [0.3, 0.4) is 0 Å². The SMILES string of the molecule is O=C(Cc1ccc(-c2ccn3ncnc3c2)cc1)Nc1ccc(C2CC2)c(F)c1. The number of anilines is 1. The highest BCUT2D eigenvalue weighted by molar-refractivity contribution is 5.92. The number of halogens is 1. The van der Waals surface area contributed by atoms with E-state index in [1.54, 1.807) is 16.6 Å². The van der Waals surface area contributed by atoms with E-state index in [1.807, 2.05) is 42.6 Å². The van der Waals surface area contributed by atoms with Gasteiger partial charge < -0.3 is 5.32 Å². The van der Waals surface area contributed by atoms with Crippen molar-refractivity contribution in [3.05, 3.63) is 84.1 Å². The highest BCUT2D eigenvalue weighted by Gasteiger charge is 2.26. The minimum absolute atomic E-state index is 0.166. The molecule has 2 aromatic carbocycles. The van der Waals surface area contributed by atoms with E-state index in [0.29, 0.717) is 11.6 Å². The molecule has 6 heteroatoms. The number of hydrogen-bond donors (Lipinski definition) is 1. The van der Waals surface area contributed by atoms with Gasteiger partial charge in [-0.3, -0.25) is 4.79 Å². The van der Waals surface area contributed by atoms with Gasteiger partial charge in [0.15, 0.2) is 5.65 Å². The van der Waals surface area contributed by atoms with Gasteiger partial charge in [0, 0.05) is 11.9 Å². The minimum Gasteiger partial charge on any atom is -0.326 e. The minimum atomic E-state index is -0.237. The molecule has 1 amide bonds. The molecule has 5 nitrogen and oxygen atoms in total. The van der Waals surface area contributed by atoms with Gasteiger partial charge in [0.05, 0.1) is 6.42 Å². The normalized spacial score (nSPS) is 13.6. The molecule has 1 aliphatic rings. The maximum absolute atomic E-state index is 14.1. The Hall–Kier alpha value is -3.54. The molecule has 0 aliphatic heterocycles.